The van der Waals surface area contributed by atoms with E-state index in [0.717, 1.165) is 25.8 Å². The molecule has 2 amide bonds. The number of hydrogen-bond acceptors (Lipinski definition) is 2. The molecule has 1 saturated heterocycles. The van der Waals surface area contributed by atoms with Crippen LogP contribution in [0.3, 0.4) is 0 Å². The van der Waals surface area contributed by atoms with Crippen molar-refractivity contribution in [3.05, 3.63) is 0 Å². The molecule has 1 heterocycles. The minimum Gasteiger partial charge on any atom is -0.480 e. The number of carbonyl (C=O) groups excluding carboxylic acids is 1. The summed E-state index contributed by atoms with van der Waals surface area (Å²) in [6.07, 6.45) is 3.16. The van der Waals surface area contributed by atoms with Crippen LogP contribution < -0.4 is 0 Å². The van der Waals surface area contributed by atoms with Crippen molar-refractivity contribution in [3.8, 4) is 0 Å². The molecule has 0 aromatic rings. The molecule has 1 atom stereocenters. The van der Waals surface area contributed by atoms with Crippen LogP contribution in [0.15, 0.2) is 0 Å². The summed E-state index contributed by atoms with van der Waals surface area (Å²) < 4.78 is 0. The zero-order valence-electron chi connectivity index (χ0n) is 9.27. The Bertz CT molecular complexity index is 255. The van der Waals surface area contributed by atoms with Gasteiger partial charge in [0.2, 0.25) is 0 Å². The van der Waals surface area contributed by atoms with Gasteiger partial charge < -0.3 is 14.9 Å². The average Bonchev–Trinajstić information content (AvgIpc) is 2.16. The Morgan fingerprint density at radius 3 is 2.67 bits per heavy atom. The minimum absolute atomic E-state index is 0.176. The molecule has 0 radical (unpaired) electrons. The third kappa shape index (κ3) is 3.11. The molecular weight excluding hydrogens is 196 g/mol. The molecule has 15 heavy (non-hydrogen) atoms. The zero-order chi connectivity index (χ0) is 11.4. The number of likely N-dealkylation sites (tertiary alicyclic amines) is 1. The third-order valence-corrected chi connectivity index (χ3v) is 2.75. The average molecular weight is 214 g/mol. The lowest BCUT2D eigenvalue weighted by Crippen LogP contribution is -2.49. The first kappa shape index (κ1) is 11.8. The van der Waals surface area contributed by atoms with Gasteiger partial charge in [-0.15, -0.1) is 0 Å². The highest BCUT2D eigenvalue weighted by Gasteiger charge is 2.26. The second-order valence-electron chi connectivity index (χ2n) is 4.07. The number of urea groups is 1. The van der Waals surface area contributed by atoms with E-state index in [-0.39, 0.29) is 18.6 Å². The molecule has 5 heteroatoms. The summed E-state index contributed by atoms with van der Waals surface area (Å²) in [4.78, 5) is 25.3. The third-order valence-electron chi connectivity index (χ3n) is 2.75. The smallest absolute Gasteiger partial charge is 0.323 e. The molecule has 86 valence electrons. The number of aliphatic carboxylic acids is 1. The SMILES string of the molecule is CC1CCCCN1C(=O)N(C)CC(=O)O. The molecule has 1 N–H and O–H groups in total. The van der Waals surface area contributed by atoms with Gasteiger partial charge >= 0.3 is 12.0 Å². The van der Waals surface area contributed by atoms with E-state index in [1.807, 2.05) is 6.92 Å². The van der Waals surface area contributed by atoms with E-state index in [9.17, 15) is 9.59 Å². The lowest BCUT2D eigenvalue weighted by atomic mass is 10.0. The summed E-state index contributed by atoms with van der Waals surface area (Å²) in [6, 6.07) is 0.0482. The maximum atomic E-state index is 11.8. The molecule has 1 rings (SSSR count). The number of rotatable bonds is 2. The van der Waals surface area contributed by atoms with Crippen LogP contribution in [-0.4, -0.2) is 53.1 Å². The Hall–Kier alpha value is -1.26. The maximum Gasteiger partial charge on any atom is 0.323 e. The van der Waals surface area contributed by atoms with Crippen molar-refractivity contribution >= 4 is 12.0 Å². The van der Waals surface area contributed by atoms with Crippen molar-refractivity contribution in [1.29, 1.82) is 0 Å². The molecule has 0 aromatic heterocycles. The maximum absolute atomic E-state index is 11.8. The van der Waals surface area contributed by atoms with E-state index in [2.05, 4.69) is 0 Å². The van der Waals surface area contributed by atoms with Crippen molar-refractivity contribution in [3.63, 3.8) is 0 Å². The van der Waals surface area contributed by atoms with Crippen molar-refractivity contribution < 1.29 is 14.7 Å². The largest absolute Gasteiger partial charge is 0.480 e. The highest BCUT2D eigenvalue weighted by atomic mass is 16.4. The number of amides is 2. The van der Waals surface area contributed by atoms with Gasteiger partial charge in [0.25, 0.3) is 0 Å². The van der Waals surface area contributed by atoms with Crippen molar-refractivity contribution in [1.82, 2.24) is 9.80 Å². The highest BCUT2D eigenvalue weighted by molar-refractivity contribution is 5.80. The second-order valence-corrected chi connectivity index (χ2v) is 4.07. The van der Waals surface area contributed by atoms with Gasteiger partial charge in [0, 0.05) is 19.6 Å². The van der Waals surface area contributed by atoms with Crippen LogP contribution in [-0.2, 0) is 4.79 Å². The number of carboxylic acid groups (broad SMARTS) is 1. The molecule has 0 aliphatic carbocycles. The second kappa shape index (κ2) is 5.00. The molecule has 1 fully saturated rings. The molecule has 1 aliphatic rings. The summed E-state index contributed by atoms with van der Waals surface area (Å²) in [5.74, 6) is -0.976. The molecule has 0 bridgehead atoms. The Morgan fingerprint density at radius 2 is 2.13 bits per heavy atom. The van der Waals surface area contributed by atoms with Gasteiger partial charge in [0.15, 0.2) is 0 Å². The quantitative estimate of drug-likeness (QED) is 0.746. The number of piperidine rings is 1. The van der Waals surface area contributed by atoms with E-state index in [1.54, 1.807) is 4.90 Å². The molecule has 5 nitrogen and oxygen atoms in total. The Morgan fingerprint density at radius 1 is 1.47 bits per heavy atom. The Balaban J connectivity index is 2.54. The van der Waals surface area contributed by atoms with E-state index < -0.39 is 5.97 Å². The Labute approximate surface area is 89.7 Å². The van der Waals surface area contributed by atoms with Crippen LogP contribution >= 0.6 is 0 Å². The number of carboxylic acids is 1. The molecular formula is C10H18N2O3. The zero-order valence-corrected chi connectivity index (χ0v) is 9.27. The van der Waals surface area contributed by atoms with Gasteiger partial charge in [-0.25, -0.2) is 4.79 Å². The van der Waals surface area contributed by atoms with E-state index in [4.69, 9.17) is 5.11 Å². The monoisotopic (exact) mass is 214 g/mol. The molecule has 1 unspecified atom stereocenters. The van der Waals surface area contributed by atoms with Gasteiger partial charge in [-0.1, -0.05) is 0 Å². The molecule has 0 spiro atoms. The number of hydrogen-bond donors (Lipinski definition) is 1. The lowest BCUT2D eigenvalue weighted by molar-refractivity contribution is -0.137. The minimum atomic E-state index is -0.976. The van der Waals surface area contributed by atoms with Crippen LogP contribution in [0.4, 0.5) is 4.79 Å². The summed E-state index contributed by atoms with van der Waals surface area (Å²) in [6.45, 7) is 2.51. The fourth-order valence-corrected chi connectivity index (χ4v) is 1.87. The van der Waals surface area contributed by atoms with Gasteiger partial charge in [0.1, 0.15) is 6.54 Å². The standard InChI is InChI=1S/C10H18N2O3/c1-8-5-3-4-6-12(8)10(15)11(2)7-9(13)14/h8H,3-7H2,1-2H3,(H,13,14). The van der Waals surface area contributed by atoms with Crippen LogP contribution in [0.2, 0.25) is 0 Å². The lowest BCUT2D eigenvalue weighted by Gasteiger charge is -2.35. The normalized spacial score (nSPS) is 21.2. The van der Waals surface area contributed by atoms with Gasteiger partial charge in [-0.3, -0.25) is 4.79 Å². The van der Waals surface area contributed by atoms with Crippen LogP contribution in [0.5, 0.6) is 0 Å². The van der Waals surface area contributed by atoms with Crippen LogP contribution in [0.1, 0.15) is 26.2 Å². The first-order valence-corrected chi connectivity index (χ1v) is 5.26. The predicted octanol–water partition coefficient (Wildman–Crippen LogP) is 0.997. The van der Waals surface area contributed by atoms with Crippen LogP contribution in [0.25, 0.3) is 0 Å². The topological polar surface area (TPSA) is 60.9 Å². The predicted molar refractivity (Wildman–Crippen MR) is 55.7 cm³/mol. The summed E-state index contributed by atoms with van der Waals surface area (Å²) in [5, 5.41) is 8.58. The van der Waals surface area contributed by atoms with Gasteiger partial charge in [-0.2, -0.15) is 0 Å². The summed E-state index contributed by atoms with van der Waals surface area (Å²) >= 11 is 0. The van der Waals surface area contributed by atoms with E-state index >= 15 is 0 Å². The first-order valence-electron chi connectivity index (χ1n) is 5.26. The summed E-state index contributed by atoms with van der Waals surface area (Å²) in [5.41, 5.74) is 0. The van der Waals surface area contributed by atoms with Crippen molar-refractivity contribution in [2.24, 2.45) is 0 Å². The highest BCUT2D eigenvalue weighted by Crippen LogP contribution is 2.17. The molecule has 1 aliphatic heterocycles. The van der Waals surface area contributed by atoms with Crippen LogP contribution in [0, 0.1) is 0 Å². The fraction of sp³-hybridized carbons (Fsp3) is 0.800. The van der Waals surface area contributed by atoms with Crippen molar-refractivity contribution in [2.75, 3.05) is 20.1 Å². The first-order chi connectivity index (χ1) is 7.02. The Kier molecular flexibility index (Phi) is 3.94. The number of nitrogens with zero attached hydrogens (tertiary/aromatic N) is 2. The number of likely N-dealkylation sites (N-methyl/N-ethyl adjacent to an activating group) is 1. The van der Waals surface area contributed by atoms with E-state index in [0.29, 0.717) is 0 Å². The van der Waals surface area contributed by atoms with Gasteiger partial charge in [-0.05, 0) is 26.2 Å². The fourth-order valence-electron chi connectivity index (χ4n) is 1.87. The molecule has 0 saturated carbocycles. The summed E-state index contributed by atoms with van der Waals surface area (Å²) in [7, 11) is 1.53. The molecule has 0 aromatic carbocycles. The van der Waals surface area contributed by atoms with Crippen molar-refractivity contribution in [2.45, 2.75) is 32.2 Å². The number of carbonyl (C=O) groups is 2. The van der Waals surface area contributed by atoms with Gasteiger partial charge in [0.05, 0.1) is 0 Å². The van der Waals surface area contributed by atoms with E-state index in [1.165, 1.54) is 11.9 Å².